The van der Waals surface area contributed by atoms with Crippen molar-refractivity contribution in [2.45, 2.75) is 59.2 Å². The highest BCUT2D eigenvalue weighted by molar-refractivity contribution is 5.78. The second-order valence-electron chi connectivity index (χ2n) is 6.97. The van der Waals surface area contributed by atoms with Crippen LogP contribution >= 0.6 is 0 Å². The van der Waals surface area contributed by atoms with Gasteiger partial charge in [0.1, 0.15) is 5.60 Å². The lowest BCUT2D eigenvalue weighted by Crippen LogP contribution is -2.56. The van der Waals surface area contributed by atoms with Crippen molar-refractivity contribution in [2.75, 3.05) is 26.2 Å². The maximum atomic E-state index is 12.0. The largest absolute Gasteiger partial charge is 0.444 e. The summed E-state index contributed by atoms with van der Waals surface area (Å²) in [6.07, 6.45) is -0.277. The summed E-state index contributed by atoms with van der Waals surface area (Å²) in [6.45, 7) is 13.7. The third-order valence-electron chi connectivity index (χ3n) is 3.21. The van der Waals surface area contributed by atoms with E-state index in [0.29, 0.717) is 26.2 Å². The van der Waals surface area contributed by atoms with E-state index >= 15 is 0 Å². The number of hydrogen-bond donors (Lipinski definition) is 1. The van der Waals surface area contributed by atoms with Gasteiger partial charge in [-0.25, -0.2) is 4.79 Å². The molecule has 21 heavy (non-hydrogen) atoms. The summed E-state index contributed by atoms with van der Waals surface area (Å²) in [5, 5.41) is 2.89. The highest BCUT2D eigenvalue weighted by Gasteiger charge is 2.30. The van der Waals surface area contributed by atoms with Gasteiger partial charge in [0, 0.05) is 31.7 Å². The highest BCUT2D eigenvalue weighted by Crippen LogP contribution is 2.14. The van der Waals surface area contributed by atoms with Gasteiger partial charge in [0.15, 0.2) is 0 Å². The Morgan fingerprint density at radius 2 is 1.90 bits per heavy atom. The molecule has 122 valence electrons. The Morgan fingerprint density at radius 3 is 2.38 bits per heavy atom. The predicted molar refractivity (Wildman–Crippen MR) is 82.1 cm³/mol. The van der Waals surface area contributed by atoms with Crippen LogP contribution in [0.1, 0.15) is 41.5 Å². The number of hydrogen-bond acceptors (Lipinski definition) is 4. The highest BCUT2D eigenvalue weighted by atomic mass is 16.6. The zero-order valence-electron chi connectivity index (χ0n) is 14.1. The molecule has 0 spiro atoms. The Balaban J connectivity index is 2.47. The van der Waals surface area contributed by atoms with E-state index in [-0.39, 0.29) is 24.1 Å². The third kappa shape index (κ3) is 6.33. The first-order valence-corrected chi connectivity index (χ1v) is 7.60. The van der Waals surface area contributed by atoms with Crippen molar-refractivity contribution in [3.63, 3.8) is 0 Å². The summed E-state index contributed by atoms with van der Waals surface area (Å²) in [7, 11) is 0. The van der Waals surface area contributed by atoms with Crippen molar-refractivity contribution < 1.29 is 14.3 Å². The SMILES string of the molecule is CC(C)NC(=O)CN1CCN(C(=O)OC(C)(C)C)C[C@H]1C. The van der Waals surface area contributed by atoms with Crippen LogP contribution in [-0.2, 0) is 9.53 Å². The lowest BCUT2D eigenvalue weighted by molar-refractivity contribution is -0.123. The van der Waals surface area contributed by atoms with Gasteiger partial charge in [0.05, 0.1) is 6.54 Å². The maximum absolute atomic E-state index is 12.0. The average Bonchev–Trinajstić information content (AvgIpc) is 2.28. The Hall–Kier alpha value is -1.30. The number of nitrogens with zero attached hydrogens (tertiary/aromatic N) is 2. The van der Waals surface area contributed by atoms with Gasteiger partial charge in [0.25, 0.3) is 0 Å². The average molecular weight is 299 g/mol. The standard InChI is InChI=1S/C15H29N3O3/c1-11(2)16-13(19)10-17-7-8-18(9-12(17)3)14(20)21-15(4,5)6/h11-12H,7-10H2,1-6H3,(H,16,19)/t12-/m1/s1. The smallest absolute Gasteiger partial charge is 0.410 e. The summed E-state index contributed by atoms with van der Waals surface area (Å²) in [5.41, 5.74) is -0.478. The molecule has 1 saturated heterocycles. The van der Waals surface area contributed by atoms with E-state index in [1.807, 2.05) is 41.5 Å². The van der Waals surface area contributed by atoms with Crippen LogP contribution in [0.3, 0.4) is 0 Å². The molecule has 1 atom stereocenters. The number of piperazine rings is 1. The number of ether oxygens (including phenoxy) is 1. The zero-order valence-corrected chi connectivity index (χ0v) is 14.1. The van der Waals surface area contributed by atoms with Crippen LogP contribution in [0.15, 0.2) is 0 Å². The molecule has 1 fully saturated rings. The Kier molecular flexibility index (Phi) is 6.01. The van der Waals surface area contributed by atoms with Crippen molar-refractivity contribution in [3.8, 4) is 0 Å². The minimum absolute atomic E-state index is 0.0302. The van der Waals surface area contributed by atoms with Crippen LogP contribution in [0.25, 0.3) is 0 Å². The van der Waals surface area contributed by atoms with Crippen molar-refractivity contribution in [3.05, 3.63) is 0 Å². The first kappa shape index (κ1) is 17.8. The zero-order chi connectivity index (χ0) is 16.2. The fraction of sp³-hybridized carbons (Fsp3) is 0.867. The second kappa shape index (κ2) is 7.11. The topological polar surface area (TPSA) is 61.9 Å². The van der Waals surface area contributed by atoms with Crippen molar-refractivity contribution in [1.29, 1.82) is 0 Å². The van der Waals surface area contributed by atoms with Gasteiger partial charge in [-0.15, -0.1) is 0 Å². The Labute approximate surface area is 127 Å². The van der Waals surface area contributed by atoms with E-state index in [2.05, 4.69) is 10.2 Å². The number of rotatable bonds is 3. The molecule has 1 aliphatic rings. The quantitative estimate of drug-likeness (QED) is 0.857. The van der Waals surface area contributed by atoms with Crippen LogP contribution in [0, 0.1) is 0 Å². The van der Waals surface area contributed by atoms with Crippen LogP contribution in [0.5, 0.6) is 0 Å². The molecule has 0 unspecified atom stereocenters. The van der Waals surface area contributed by atoms with E-state index in [1.54, 1.807) is 4.90 Å². The van der Waals surface area contributed by atoms with Crippen LogP contribution in [-0.4, -0.2) is 65.7 Å². The van der Waals surface area contributed by atoms with Crippen LogP contribution < -0.4 is 5.32 Å². The molecular weight excluding hydrogens is 270 g/mol. The number of nitrogens with one attached hydrogen (secondary N) is 1. The lowest BCUT2D eigenvalue weighted by Gasteiger charge is -2.39. The van der Waals surface area contributed by atoms with E-state index in [0.717, 1.165) is 0 Å². The molecule has 1 heterocycles. The minimum atomic E-state index is -0.478. The number of amides is 2. The van der Waals surface area contributed by atoms with E-state index in [9.17, 15) is 9.59 Å². The molecule has 1 N–H and O–H groups in total. The van der Waals surface area contributed by atoms with Gasteiger partial charge in [-0.05, 0) is 41.5 Å². The molecule has 6 heteroatoms. The van der Waals surface area contributed by atoms with Gasteiger partial charge < -0.3 is 15.0 Å². The summed E-state index contributed by atoms with van der Waals surface area (Å²) in [5.74, 6) is 0.0302. The Bertz CT molecular complexity index is 377. The molecule has 0 bridgehead atoms. The molecule has 0 aromatic heterocycles. The molecule has 1 rings (SSSR count). The normalized spacial score (nSPS) is 20.5. The first-order chi connectivity index (χ1) is 9.58. The van der Waals surface area contributed by atoms with Gasteiger partial charge in [-0.3, -0.25) is 9.69 Å². The predicted octanol–water partition coefficient (Wildman–Crippen LogP) is 1.45. The van der Waals surface area contributed by atoms with Crippen LogP contribution in [0.4, 0.5) is 4.79 Å². The summed E-state index contributed by atoms with van der Waals surface area (Å²) in [4.78, 5) is 27.7. The fourth-order valence-corrected chi connectivity index (χ4v) is 2.27. The Morgan fingerprint density at radius 1 is 1.29 bits per heavy atom. The molecule has 6 nitrogen and oxygen atoms in total. The molecule has 0 aromatic carbocycles. The van der Waals surface area contributed by atoms with E-state index in [4.69, 9.17) is 4.74 Å². The van der Waals surface area contributed by atoms with Crippen LogP contribution in [0.2, 0.25) is 0 Å². The summed E-state index contributed by atoms with van der Waals surface area (Å²) < 4.78 is 5.38. The molecule has 0 aromatic rings. The number of carbonyl (C=O) groups is 2. The molecule has 0 aliphatic carbocycles. The van der Waals surface area contributed by atoms with Crippen molar-refractivity contribution in [1.82, 2.24) is 15.1 Å². The first-order valence-electron chi connectivity index (χ1n) is 7.60. The van der Waals surface area contributed by atoms with Gasteiger partial charge in [-0.2, -0.15) is 0 Å². The number of carbonyl (C=O) groups excluding carboxylic acids is 2. The molecule has 2 amide bonds. The van der Waals surface area contributed by atoms with Gasteiger partial charge in [0.2, 0.25) is 5.91 Å². The molecule has 0 radical (unpaired) electrons. The lowest BCUT2D eigenvalue weighted by atomic mass is 10.2. The van der Waals surface area contributed by atoms with Crippen molar-refractivity contribution >= 4 is 12.0 Å². The minimum Gasteiger partial charge on any atom is -0.444 e. The maximum Gasteiger partial charge on any atom is 0.410 e. The monoisotopic (exact) mass is 299 g/mol. The summed E-state index contributed by atoms with van der Waals surface area (Å²) in [6, 6.07) is 0.292. The molecular formula is C15H29N3O3. The fourth-order valence-electron chi connectivity index (χ4n) is 2.27. The second-order valence-corrected chi connectivity index (χ2v) is 6.97. The van der Waals surface area contributed by atoms with Gasteiger partial charge >= 0.3 is 6.09 Å². The third-order valence-corrected chi connectivity index (χ3v) is 3.21. The van der Waals surface area contributed by atoms with Crippen molar-refractivity contribution in [2.24, 2.45) is 0 Å². The van der Waals surface area contributed by atoms with E-state index < -0.39 is 5.60 Å². The summed E-state index contributed by atoms with van der Waals surface area (Å²) >= 11 is 0. The molecule has 1 aliphatic heterocycles. The molecule has 0 saturated carbocycles. The van der Waals surface area contributed by atoms with E-state index in [1.165, 1.54) is 0 Å². The van der Waals surface area contributed by atoms with Gasteiger partial charge in [-0.1, -0.05) is 0 Å².